The fourth-order valence-corrected chi connectivity index (χ4v) is 2.46. The third-order valence-corrected chi connectivity index (χ3v) is 3.64. The zero-order chi connectivity index (χ0) is 15.6. The van der Waals surface area contributed by atoms with Gasteiger partial charge >= 0.3 is 6.18 Å². The Bertz CT molecular complexity index is 530. The Morgan fingerprint density at radius 3 is 2.71 bits per heavy atom. The van der Waals surface area contributed by atoms with Crippen LogP contribution in [-0.4, -0.2) is 37.0 Å². The zero-order valence-electron chi connectivity index (χ0n) is 11.5. The molecule has 1 amide bonds. The van der Waals surface area contributed by atoms with E-state index in [1.54, 1.807) is 7.05 Å². The number of carbonyl (C=O) groups is 1. The molecule has 1 atom stereocenters. The van der Waals surface area contributed by atoms with Gasteiger partial charge in [-0.2, -0.15) is 13.2 Å². The molecule has 0 saturated carbocycles. The number of rotatable bonds is 2. The third-order valence-electron chi connectivity index (χ3n) is 3.64. The summed E-state index contributed by atoms with van der Waals surface area (Å²) in [6.45, 7) is 0.934. The second kappa shape index (κ2) is 6.01. The van der Waals surface area contributed by atoms with E-state index >= 15 is 0 Å². The molecule has 7 heteroatoms. The van der Waals surface area contributed by atoms with Gasteiger partial charge in [-0.15, -0.1) is 0 Å². The molecule has 1 saturated heterocycles. The minimum atomic E-state index is -4.81. The van der Waals surface area contributed by atoms with Crippen LogP contribution in [0.4, 0.5) is 17.6 Å². The molecule has 0 spiro atoms. The van der Waals surface area contributed by atoms with Crippen molar-refractivity contribution in [1.29, 1.82) is 0 Å². The van der Waals surface area contributed by atoms with Gasteiger partial charge in [0.1, 0.15) is 5.82 Å². The van der Waals surface area contributed by atoms with Gasteiger partial charge < -0.3 is 10.2 Å². The second-order valence-electron chi connectivity index (χ2n) is 5.07. The summed E-state index contributed by atoms with van der Waals surface area (Å²) >= 11 is 0. The summed E-state index contributed by atoms with van der Waals surface area (Å²) in [5, 5.41) is 3.05. The van der Waals surface area contributed by atoms with Crippen LogP contribution in [0, 0.1) is 5.82 Å². The van der Waals surface area contributed by atoms with Crippen LogP contribution in [0.25, 0.3) is 0 Å². The van der Waals surface area contributed by atoms with Crippen LogP contribution in [0.1, 0.15) is 28.8 Å². The number of likely N-dealkylation sites (N-methyl/N-ethyl adjacent to an activating group) is 1. The smallest absolute Gasteiger partial charge is 0.337 e. The van der Waals surface area contributed by atoms with E-state index in [1.165, 1.54) is 4.90 Å². The third kappa shape index (κ3) is 3.53. The Morgan fingerprint density at radius 1 is 1.38 bits per heavy atom. The molecule has 1 aliphatic heterocycles. The highest BCUT2D eigenvalue weighted by molar-refractivity contribution is 5.94. The van der Waals surface area contributed by atoms with Crippen molar-refractivity contribution in [2.24, 2.45) is 0 Å². The van der Waals surface area contributed by atoms with Crippen molar-refractivity contribution < 1.29 is 22.4 Å². The highest BCUT2D eigenvalue weighted by Crippen LogP contribution is 2.32. The molecule has 1 aromatic carbocycles. The Balaban J connectivity index is 2.23. The molecule has 1 heterocycles. The molecule has 1 fully saturated rings. The SMILES string of the molecule is CNC1CCCN(C(=O)c2ccc(F)c(C(F)(F)F)c2)C1. The first-order valence-corrected chi connectivity index (χ1v) is 6.66. The molecule has 21 heavy (non-hydrogen) atoms. The summed E-state index contributed by atoms with van der Waals surface area (Å²) in [6, 6.07) is 2.50. The first kappa shape index (κ1) is 15.8. The standard InChI is InChI=1S/C14H16F4N2O/c1-19-10-3-2-6-20(8-10)13(21)9-4-5-12(15)11(7-9)14(16,17)18/h4-5,7,10,19H,2-3,6,8H2,1H3. The maximum atomic E-state index is 13.2. The number of halogens is 4. The quantitative estimate of drug-likeness (QED) is 0.852. The number of carbonyl (C=O) groups excluding carboxylic acids is 1. The molecule has 1 unspecified atom stereocenters. The molecular formula is C14H16F4N2O. The van der Waals surface area contributed by atoms with Gasteiger partial charge in [-0.25, -0.2) is 4.39 Å². The first-order chi connectivity index (χ1) is 9.82. The monoisotopic (exact) mass is 304 g/mol. The van der Waals surface area contributed by atoms with Gasteiger partial charge in [0.15, 0.2) is 0 Å². The number of piperidine rings is 1. The number of alkyl halides is 3. The van der Waals surface area contributed by atoms with Crippen LogP contribution in [0.2, 0.25) is 0 Å². The summed E-state index contributed by atoms with van der Waals surface area (Å²) in [5.74, 6) is -1.87. The van der Waals surface area contributed by atoms with Crippen LogP contribution in [0.3, 0.4) is 0 Å². The maximum Gasteiger partial charge on any atom is 0.419 e. The summed E-state index contributed by atoms with van der Waals surface area (Å²) in [4.78, 5) is 13.8. The van der Waals surface area contributed by atoms with Gasteiger partial charge in [0.05, 0.1) is 5.56 Å². The van der Waals surface area contributed by atoms with Crippen molar-refractivity contribution in [1.82, 2.24) is 10.2 Å². The maximum absolute atomic E-state index is 13.2. The van der Waals surface area contributed by atoms with Crippen molar-refractivity contribution in [2.75, 3.05) is 20.1 Å². The van der Waals surface area contributed by atoms with E-state index < -0.39 is 23.5 Å². The number of benzene rings is 1. The number of hydrogen-bond donors (Lipinski definition) is 1. The topological polar surface area (TPSA) is 32.3 Å². The summed E-state index contributed by atoms with van der Waals surface area (Å²) in [7, 11) is 1.78. The molecule has 3 nitrogen and oxygen atoms in total. The Labute approximate surface area is 119 Å². The minimum absolute atomic E-state index is 0.130. The van der Waals surface area contributed by atoms with E-state index in [-0.39, 0.29) is 11.6 Å². The largest absolute Gasteiger partial charge is 0.419 e. The van der Waals surface area contributed by atoms with Crippen molar-refractivity contribution in [3.05, 3.63) is 35.1 Å². The van der Waals surface area contributed by atoms with E-state index in [2.05, 4.69) is 5.32 Å². The fourth-order valence-electron chi connectivity index (χ4n) is 2.46. The fraction of sp³-hybridized carbons (Fsp3) is 0.500. The average molecular weight is 304 g/mol. The van der Waals surface area contributed by atoms with Gasteiger partial charge in [-0.05, 0) is 38.1 Å². The van der Waals surface area contributed by atoms with Crippen LogP contribution >= 0.6 is 0 Å². The highest BCUT2D eigenvalue weighted by atomic mass is 19.4. The molecule has 1 aromatic rings. The van der Waals surface area contributed by atoms with Crippen molar-refractivity contribution in [2.45, 2.75) is 25.1 Å². The van der Waals surface area contributed by atoms with Crippen molar-refractivity contribution in [3.63, 3.8) is 0 Å². The zero-order valence-corrected chi connectivity index (χ0v) is 11.5. The minimum Gasteiger partial charge on any atom is -0.337 e. The molecule has 0 bridgehead atoms. The molecule has 0 radical (unpaired) electrons. The number of amides is 1. The van der Waals surface area contributed by atoms with Crippen LogP contribution in [0.15, 0.2) is 18.2 Å². The van der Waals surface area contributed by atoms with Gasteiger partial charge in [0.2, 0.25) is 0 Å². The predicted octanol–water partition coefficient (Wildman–Crippen LogP) is 2.67. The second-order valence-corrected chi connectivity index (χ2v) is 5.07. The van der Waals surface area contributed by atoms with Crippen LogP contribution in [-0.2, 0) is 6.18 Å². The lowest BCUT2D eigenvalue weighted by atomic mass is 10.0. The first-order valence-electron chi connectivity index (χ1n) is 6.66. The average Bonchev–Trinajstić information content (AvgIpc) is 2.46. The number of nitrogens with zero attached hydrogens (tertiary/aromatic N) is 1. The Kier molecular flexibility index (Phi) is 4.51. The van der Waals surface area contributed by atoms with Gasteiger partial charge in [-0.3, -0.25) is 4.79 Å². The number of likely N-dealkylation sites (tertiary alicyclic amines) is 1. The van der Waals surface area contributed by atoms with Crippen LogP contribution in [0.5, 0.6) is 0 Å². The van der Waals surface area contributed by atoms with E-state index in [0.717, 1.165) is 18.9 Å². The molecule has 0 aliphatic carbocycles. The lowest BCUT2D eigenvalue weighted by molar-refractivity contribution is -0.140. The van der Waals surface area contributed by atoms with Gasteiger partial charge in [0, 0.05) is 24.7 Å². The molecule has 1 aliphatic rings. The van der Waals surface area contributed by atoms with Crippen molar-refractivity contribution >= 4 is 5.91 Å². The normalized spacial score (nSPS) is 19.7. The van der Waals surface area contributed by atoms with Crippen LogP contribution < -0.4 is 5.32 Å². The molecule has 0 aromatic heterocycles. The summed E-state index contributed by atoms with van der Waals surface area (Å²) in [6.07, 6.45) is -3.11. The lowest BCUT2D eigenvalue weighted by Crippen LogP contribution is -2.47. The Hall–Kier alpha value is -1.63. The van der Waals surface area contributed by atoms with Crippen molar-refractivity contribution in [3.8, 4) is 0 Å². The lowest BCUT2D eigenvalue weighted by Gasteiger charge is -2.32. The van der Waals surface area contributed by atoms with E-state index in [0.29, 0.717) is 25.2 Å². The summed E-state index contributed by atoms with van der Waals surface area (Å²) < 4.78 is 51.3. The van der Waals surface area contributed by atoms with Gasteiger partial charge in [-0.1, -0.05) is 0 Å². The van der Waals surface area contributed by atoms with E-state index in [1.807, 2.05) is 0 Å². The molecule has 116 valence electrons. The summed E-state index contributed by atoms with van der Waals surface area (Å²) in [5.41, 5.74) is -1.55. The highest BCUT2D eigenvalue weighted by Gasteiger charge is 2.35. The molecule has 2 rings (SSSR count). The molecular weight excluding hydrogens is 288 g/mol. The number of hydrogen-bond acceptors (Lipinski definition) is 2. The molecule has 1 N–H and O–H groups in total. The predicted molar refractivity (Wildman–Crippen MR) is 69.4 cm³/mol. The van der Waals surface area contributed by atoms with Gasteiger partial charge in [0.25, 0.3) is 5.91 Å². The van der Waals surface area contributed by atoms with E-state index in [9.17, 15) is 22.4 Å². The Morgan fingerprint density at radius 2 is 2.10 bits per heavy atom. The van der Waals surface area contributed by atoms with E-state index in [4.69, 9.17) is 0 Å². The number of nitrogens with one attached hydrogen (secondary N) is 1.